The Balaban J connectivity index is 1.72. The third-order valence-electron chi connectivity index (χ3n) is 3.63. The van der Waals surface area contributed by atoms with Crippen LogP contribution >= 0.6 is 0 Å². The summed E-state index contributed by atoms with van der Waals surface area (Å²) in [5, 5.41) is 2.52. The molecule has 2 aromatic rings. The van der Waals surface area contributed by atoms with E-state index in [2.05, 4.69) is 15.2 Å². The van der Waals surface area contributed by atoms with Crippen LogP contribution in [0.1, 0.15) is 23.2 Å². The first-order chi connectivity index (χ1) is 10.6. The molecule has 1 amide bonds. The van der Waals surface area contributed by atoms with Gasteiger partial charge in [-0.05, 0) is 37.1 Å². The van der Waals surface area contributed by atoms with Gasteiger partial charge in [-0.3, -0.25) is 4.79 Å². The van der Waals surface area contributed by atoms with E-state index in [1.165, 1.54) is 18.3 Å². The number of pyridine rings is 1. The van der Waals surface area contributed by atoms with Crippen molar-refractivity contribution in [3.63, 3.8) is 0 Å². The predicted octanol–water partition coefficient (Wildman–Crippen LogP) is 3.21. The number of halogens is 2. The largest absolute Gasteiger partial charge is 0.357 e. The van der Waals surface area contributed by atoms with Gasteiger partial charge in [0.15, 0.2) is 11.6 Å². The summed E-state index contributed by atoms with van der Waals surface area (Å²) < 4.78 is 26.7. The van der Waals surface area contributed by atoms with E-state index in [4.69, 9.17) is 0 Å². The number of amides is 1. The fraction of sp³-hybridized carbons (Fsp3) is 0.250. The molecule has 1 aliphatic heterocycles. The molecule has 4 nitrogen and oxygen atoms in total. The third-order valence-corrected chi connectivity index (χ3v) is 3.63. The molecule has 1 aromatic carbocycles. The normalized spacial score (nSPS) is 14.2. The molecule has 1 aromatic heterocycles. The van der Waals surface area contributed by atoms with E-state index in [0.29, 0.717) is 5.69 Å². The van der Waals surface area contributed by atoms with Crippen LogP contribution in [0.15, 0.2) is 36.5 Å². The standard InChI is InChI=1S/C16H15F2N3O/c17-13-5-3-4-12(15(13)18)16(22)20-11-6-7-14(19-10-11)21-8-1-2-9-21/h3-7,10H,1-2,8-9H2,(H,20,22). The Bertz CT molecular complexity index is 682. The van der Waals surface area contributed by atoms with E-state index in [9.17, 15) is 13.6 Å². The van der Waals surface area contributed by atoms with E-state index in [0.717, 1.165) is 37.8 Å². The number of aromatic nitrogens is 1. The number of hydrogen-bond donors (Lipinski definition) is 1. The predicted molar refractivity (Wildman–Crippen MR) is 80.0 cm³/mol. The minimum Gasteiger partial charge on any atom is -0.357 e. The Kier molecular flexibility index (Phi) is 4.00. The zero-order chi connectivity index (χ0) is 15.5. The second-order valence-corrected chi connectivity index (χ2v) is 5.15. The van der Waals surface area contributed by atoms with Gasteiger partial charge in [0.2, 0.25) is 0 Å². The summed E-state index contributed by atoms with van der Waals surface area (Å²) in [6, 6.07) is 7.01. The third kappa shape index (κ3) is 2.90. The van der Waals surface area contributed by atoms with Gasteiger partial charge in [0.05, 0.1) is 17.4 Å². The van der Waals surface area contributed by atoms with Gasteiger partial charge >= 0.3 is 0 Å². The topological polar surface area (TPSA) is 45.2 Å². The lowest BCUT2D eigenvalue weighted by atomic mass is 10.2. The number of hydrogen-bond acceptors (Lipinski definition) is 3. The molecule has 6 heteroatoms. The molecule has 0 aliphatic carbocycles. The molecule has 0 atom stereocenters. The highest BCUT2D eigenvalue weighted by Gasteiger charge is 2.16. The summed E-state index contributed by atoms with van der Waals surface area (Å²) >= 11 is 0. The van der Waals surface area contributed by atoms with Crippen molar-refractivity contribution in [1.82, 2.24) is 4.98 Å². The minimum atomic E-state index is -1.15. The number of benzene rings is 1. The van der Waals surface area contributed by atoms with Crippen molar-refractivity contribution in [3.05, 3.63) is 53.7 Å². The molecular weight excluding hydrogens is 288 g/mol. The van der Waals surface area contributed by atoms with Crippen molar-refractivity contribution < 1.29 is 13.6 Å². The lowest BCUT2D eigenvalue weighted by Gasteiger charge is -2.16. The Morgan fingerprint density at radius 2 is 1.91 bits per heavy atom. The molecule has 0 spiro atoms. The highest BCUT2D eigenvalue weighted by molar-refractivity contribution is 6.04. The molecule has 1 N–H and O–H groups in total. The zero-order valence-corrected chi connectivity index (χ0v) is 11.9. The van der Waals surface area contributed by atoms with Crippen LogP contribution in [-0.2, 0) is 0 Å². The number of anilines is 2. The van der Waals surface area contributed by atoms with Crippen LogP contribution in [-0.4, -0.2) is 24.0 Å². The van der Waals surface area contributed by atoms with E-state index >= 15 is 0 Å². The fourth-order valence-corrected chi connectivity index (χ4v) is 2.47. The van der Waals surface area contributed by atoms with Crippen LogP contribution in [0.3, 0.4) is 0 Å². The fourth-order valence-electron chi connectivity index (χ4n) is 2.47. The van der Waals surface area contributed by atoms with E-state index in [1.54, 1.807) is 6.07 Å². The van der Waals surface area contributed by atoms with E-state index < -0.39 is 17.5 Å². The van der Waals surface area contributed by atoms with Crippen LogP contribution in [0.4, 0.5) is 20.3 Å². The zero-order valence-electron chi connectivity index (χ0n) is 11.9. The Hall–Kier alpha value is -2.50. The van der Waals surface area contributed by atoms with Gasteiger partial charge in [0.25, 0.3) is 5.91 Å². The van der Waals surface area contributed by atoms with Gasteiger partial charge in [-0.1, -0.05) is 6.07 Å². The van der Waals surface area contributed by atoms with Crippen molar-refractivity contribution in [2.75, 3.05) is 23.3 Å². The van der Waals surface area contributed by atoms with Gasteiger partial charge in [-0.2, -0.15) is 0 Å². The average Bonchev–Trinajstić information content (AvgIpc) is 3.05. The number of nitrogens with zero attached hydrogens (tertiary/aromatic N) is 2. The molecule has 0 saturated carbocycles. The summed E-state index contributed by atoms with van der Waals surface area (Å²) in [6.45, 7) is 1.96. The second-order valence-electron chi connectivity index (χ2n) is 5.15. The van der Waals surface area contributed by atoms with Crippen LogP contribution in [0, 0.1) is 11.6 Å². The molecule has 0 unspecified atom stereocenters. The Labute approximate surface area is 126 Å². The molecule has 2 heterocycles. The molecule has 114 valence electrons. The van der Waals surface area contributed by atoms with Crippen molar-refractivity contribution in [3.8, 4) is 0 Å². The van der Waals surface area contributed by atoms with E-state index in [-0.39, 0.29) is 5.56 Å². The maximum Gasteiger partial charge on any atom is 0.258 e. The highest BCUT2D eigenvalue weighted by atomic mass is 19.2. The number of carbonyl (C=O) groups excluding carboxylic acids is 1. The lowest BCUT2D eigenvalue weighted by molar-refractivity contribution is 0.102. The monoisotopic (exact) mass is 303 g/mol. The molecule has 0 radical (unpaired) electrons. The summed E-state index contributed by atoms with van der Waals surface area (Å²) in [5.74, 6) is -2.04. The lowest BCUT2D eigenvalue weighted by Crippen LogP contribution is -2.19. The molecule has 1 aliphatic rings. The van der Waals surface area contributed by atoms with Crippen molar-refractivity contribution in [1.29, 1.82) is 0 Å². The van der Waals surface area contributed by atoms with Crippen LogP contribution < -0.4 is 10.2 Å². The maximum absolute atomic E-state index is 13.6. The SMILES string of the molecule is O=C(Nc1ccc(N2CCCC2)nc1)c1cccc(F)c1F. The first-order valence-corrected chi connectivity index (χ1v) is 7.11. The first-order valence-electron chi connectivity index (χ1n) is 7.11. The smallest absolute Gasteiger partial charge is 0.258 e. The van der Waals surface area contributed by atoms with Crippen molar-refractivity contribution in [2.24, 2.45) is 0 Å². The number of rotatable bonds is 3. The summed E-state index contributed by atoms with van der Waals surface area (Å²) in [5.41, 5.74) is 0.111. The summed E-state index contributed by atoms with van der Waals surface area (Å²) in [7, 11) is 0. The van der Waals surface area contributed by atoms with Crippen LogP contribution in [0.5, 0.6) is 0 Å². The number of nitrogens with one attached hydrogen (secondary N) is 1. The van der Waals surface area contributed by atoms with Gasteiger partial charge in [0, 0.05) is 13.1 Å². The molecule has 3 rings (SSSR count). The molecule has 0 bridgehead atoms. The first kappa shape index (κ1) is 14.4. The van der Waals surface area contributed by atoms with Gasteiger partial charge < -0.3 is 10.2 Å². The van der Waals surface area contributed by atoms with Gasteiger partial charge in [0.1, 0.15) is 5.82 Å². The Morgan fingerprint density at radius 1 is 1.14 bits per heavy atom. The quantitative estimate of drug-likeness (QED) is 0.947. The van der Waals surface area contributed by atoms with Gasteiger partial charge in [-0.15, -0.1) is 0 Å². The summed E-state index contributed by atoms with van der Waals surface area (Å²) in [4.78, 5) is 18.4. The van der Waals surface area contributed by atoms with E-state index in [1.807, 2.05) is 6.07 Å². The molecular formula is C16H15F2N3O. The minimum absolute atomic E-state index is 0.330. The van der Waals surface area contributed by atoms with Crippen molar-refractivity contribution >= 4 is 17.4 Å². The van der Waals surface area contributed by atoms with Crippen LogP contribution in [0.2, 0.25) is 0 Å². The Morgan fingerprint density at radius 3 is 2.59 bits per heavy atom. The maximum atomic E-state index is 13.6. The van der Waals surface area contributed by atoms with Gasteiger partial charge in [-0.25, -0.2) is 13.8 Å². The molecule has 22 heavy (non-hydrogen) atoms. The molecule has 1 saturated heterocycles. The molecule has 1 fully saturated rings. The second kappa shape index (κ2) is 6.09. The average molecular weight is 303 g/mol. The summed E-state index contributed by atoms with van der Waals surface area (Å²) in [6.07, 6.45) is 3.82. The van der Waals surface area contributed by atoms with Crippen molar-refractivity contribution in [2.45, 2.75) is 12.8 Å². The van der Waals surface area contributed by atoms with Crippen LogP contribution in [0.25, 0.3) is 0 Å². The number of carbonyl (C=O) groups is 1. The highest BCUT2D eigenvalue weighted by Crippen LogP contribution is 2.20.